The Morgan fingerprint density at radius 2 is 0.979 bits per heavy atom. The van der Waals surface area contributed by atoms with E-state index in [0.29, 0.717) is 5.82 Å². The fourth-order valence-electron chi connectivity index (χ4n) is 6.38. The van der Waals surface area contributed by atoms with Gasteiger partial charge in [-0.1, -0.05) is 140 Å². The SMILES string of the molecule is c1ccc(-c2cccc(-c3cc(-c4ccc(-c5c6ccccc6nc6c5sc5ccccc56)cc4)nc(-c4ccccc4)n3)c2)cc1. The monoisotopic (exact) mass is 617 g/mol. The van der Waals surface area contributed by atoms with Crippen LogP contribution in [0.3, 0.4) is 0 Å². The summed E-state index contributed by atoms with van der Waals surface area (Å²) in [5.74, 6) is 0.708. The number of thiophene rings is 1. The van der Waals surface area contributed by atoms with Gasteiger partial charge in [0.25, 0.3) is 0 Å². The molecule has 0 unspecified atom stereocenters. The van der Waals surface area contributed by atoms with E-state index < -0.39 is 0 Å². The minimum Gasteiger partial charge on any atom is -0.246 e. The van der Waals surface area contributed by atoms with E-state index in [1.807, 2.05) is 35.6 Å². The summed E-state index contributed by atoms with van der Waals surface area (Å²) in [6.07, 6.45) is 0. The molecule has 0 spiro atoms. The molecular formula is C43H27N3S. The van der Waals surface area contributed by atoms with Crippen molar-refractivity contribution in [1.82, 2.24) is 15.0 Å². The number of pyridine rings is 1. The molecule has 0 N–H and O–H groups in total. The van der Waals surface area contributed by atoms with Gasteiger partial charge in [-0.3, -0.25) is 0 Å². The zero-order valence-electron chi connectivity index (χ0n) is 25.3. The summed E-state index contributed by atoms with van der Waals surface area (Å²) in [4.78, 5) is 15.3. The van der Waals surface area contributed by atoms with E-state index in [2.05, 4.69) is 140 Å². The second kappa shape index (κ2) is 11.4. The number of benzene rings is 6. The van der Waals surface area contributed by atoms with Crippen molar-refractivity contribution in [2.24, 2.45) is 0 Å². The van der Waals surface area contributed by atoms with Gasteiger partial charge in [-0.15, -0.1) is 11.3 Å². The molecule has 0 saturated heterocycles. The molecule has 0 radical (unpaired) electrons. The predicted octanol–water partition coefficient (Wildman–Crippen LogP) is 11.7. The third-order valence-corrected chi connectivity index (χ3v) is 9.87. The van der Waals surface area contributed by atoms with Gasteiger partial charge < -0.3 is 0 Å². The number of fused-ring (bicyclic) bond motifs is 4. The van der Waals surface area contributed by atoms with E-state index in [4.69, 9.17) is 15.0 Å². The molecule has 0 atom stereocenters. The smallest absolute Gasteiger partial charge is 0.160 e. The van der Waals surface area contributed by atoms with E-state index in [-0.39, 0.29) is 0 Å². The van der Waals surface area contributed by atoms with Crippen LogP contribution in [-0.4, -0.2) is 15.0 Å². The molecular weight excluding hydrogens is 591 g/mol. The van der Waals surface area contributed by atoms with Crippen molar-refractivity contribution in [2.45, 2.75) is 0 Å². The van der Waals surface area contributed by atoms with Crippen LogP contribution in [0.15, 0.2) is 164 Å². The fourth-order valence-corrected chi connectivity index (χ4v) is 7.60. The predicted molar refractivity (Wildman–Crippen MR) is 197 cm³/mol. The highest BCUT2D eigenvalue weighted by Gasteiger charge is 2.17. The third kappa shape index (κ3) is 4.96. The maximum Gasteiger partial charge on any atom is 0.160 e. The first-order chi connectivity index (χ1) is 23.3. The van der Waals surface area contributed by atoms with Crippen molar-refractivity contribution < 1.29 is 0 Å². The lowest BCUT2D eigenvalue weighted by molar-refractivity contribution is 1.18. The highest BCUT2D eigenvalue weighted by Crippen LogP contribution is 2.43. The van der Waals surface area contributed by atoms with E-state index in [1.165, 1.54) is 25.9 Å². The second-order valence-corrected chi connectivity index (χ2v) is 12.7. The minimum absolute atomic E-state index is 0.708. The van der Waals surface area contributed by atoms with Gasteiger partial charge in [0.15, 0.2) is 5.82 Å². The van der Waals surface area contributed by atoms with Crippen LogP contribution in [0.1, 0.15) is 0 Å². The average Bonchev–Trinajstić information content (AvgIpc) is 3.52. The lowest BCUT2D eigenvalue weighted by Crippen LogP contribution is -1.96. The number of aromatic nitrogens is 3. The molecule has 0 fully saturated rings. The van der Waals surface area contributed by atoms with Crippen LogP contribution in [0, 0.1) is 0 Å². The van der Waals surface area contributed by atoms with Crippen LogP contribution in [0.4, 0.5) is 0 Å². The van der Waals surface area contributed by atoms with E-state index >= 15 is 0 Å². The number of nitrogens with zero attached hydrogens (tertiary/aromatic N) is 3. The van der Waals surface area contributed by atoms with Gasteiger partial charge >= 0.3 is 0 Å². The zero-order valence-corrected chi connectivity index (χ0v) is 26.2. The molecule has 220 valence electrons. The normalized spacial score (nSPS) is 11.4. The van der Waals surface area contributed by atoms with Crippen LogP contribution < -0.4 is 0 Å². The Kier molecular flexibility index (Phi) is 6.65. The highest BCUT2D eigenvalue weighted by atomic mass is 32.1. The quantitative estimate of drug-likeness (QED) is 0.193. The molecule has 3 heterocycles. The van der Waals surface area contributed by atoms with Crippen LogP contribution in [-0.2, 0) is 0 Å². The molecule has 0 aliphatic carbocycles. The summed E-state index contributed by atoms with van der Waals surface area (Å²) in [7, 11) is 0. The summed E-state index contributed by atoms with van der Waals surface area (Å²) in [6, 6.07) is 57.2. The Hall–Kier alpha value is -5.97. The molecule has 0 aliphatic rings. The van der Waals surface area contributed by atoms with Gasteiger partial charge in [-0.2, -0.15) is 0 Å². The molecule has 0 bridgehead atoms. The van der Waals surface area contributed by atoms with Gasteiger partial charge in [-0.25, -0.2) is 15.0 Å². The van der Waals surface area contributed by atoms with E-state index in [0.717, 1.165) is 55.6 Å². The van der Waals surface area contributed by atoms with E-state index in [9.17, 15) is 0 Å². The summed E-state index contributed by atoms with van der Waals surface area (Å²) >= 11 is 1.81. The van der Waals surface area contributed by atoms with Gasteiger partial charge in [0.05, 0.1) is 27.1 Å². The Labute approximate surface area is 276 Å². The summed E-state index contributed by atoms with van der Waals surface area (Å²) in [5, 5.41) is 2.36. The van der Waals surface area contributed by atoms with Crippen LogP contribution in [0.25, 0.3) is 87.4 Å². The maximum atomic E-state index is 5.11. The highest BCUT2D eigenvalue weighted by molar-refractivity contribution is 7.26. The molecule has 6 aromatic carbocycles. The van der Waals surface area contributed by atoms with Gasteiger partial charge in [0.2, 0.25) is 0 Å². The number of para-hydroxylation sites is 1. The molecule has 0 amide bonds. The number of hydrogen-bond donors (Lipinski definition) is 0. The van der Waals surface area contributed by atoms with Crippen LogP contribution in [0.5, 0.6) is 0 Å². The lowest BCUT2D eigenvalue weighted by atomic mass is 9.97. The molecule has 3 nitrogen and oxygen atoms in total. The van der Waals surface area contributed by atoms with Crippen molar-refractivity contribution >= 4 is 42.5 Å². The Morgan fingerprint density at radius 3 is 1.77 bits per heavy atom. The molecule has 9 rings (SSSR count). The maximum absolute atomic E-state index is 5.11. The molecule has 0 saturated carbocycles. The molecule has 9 aromatic rings. The van der Waals surface area contributed by atoms with Gasteiger partial charge in [0, 0.05) is 37.7 Å². The zero-order chi connectivity index (χ0) is 31.2. The van der Waals surface area contributed by atoms with Crippen molar-refractivity contribution in [2.75, 3.05) is 0 Å². The topological polar surface area (TPSA) is 38.7 Å². The summed E-state index contributed by atoms with van der Waals surface area (Å²) in [5.41, 5.74) is 11.7. The molecule has 47 heavy (non-hydrogen) atoms. The third-order valence-electron chi connectivity index (χ3n) is 8.69. The Balaban J connectivity index is 1.19. The van der Waals surface area contributed by atoms with Crippen LogP contribution in [0.2, 0.25) is 0 Å². The molecule has 3 aromatic heterocycles. The first-order valence-electron chi connectivity index (χ1n) is 15.7. The second-order valence-electron chi connectivity index (χ2n) is 11.6. The molecule has 0 aliphatic heterocycles. The lowest BCUT2D eigenvalue weighted by Gasteiger charge is -2.12. The first-order valence-corrected chi connectivity index (χ1v) is 16.5. The fraction of sp³-hybridized carbons (Fsp3) is 0. The van der Waals surface area contributed by atoms with Crippen molar-refractivity contribution in [3.8, 4) is 56.2 Å². The number of rotatable bonds is 5. The molecule has 4 heteroatoms. The number of hydrogen-bond acceptors (Lipinski definition) is 4. The largest absolute Gasteiger partial charge is 0.246 e. The van der Waals surface area contributed by atoms with E-state index in [1.54, 1.807) is 0 Å². The van der Waals surface area contributed by atoms with Crippen molar-refractivity contribution in [1.29, 1.82) is 0 Å². The van der Waals surface area contributed by atoms with Gasteiger partial charge in [0.1, 0.15) is 0 Å². The summed E-state index contributed by atoms with van der Waals surface area (Å²) in [6.45, 7) is 0. The Morgan fingerprint density at radius 1 is 0.383 bits per heavy atom. The minimum atomic E-state index is 0.708. The van der Waals surface area contributed by atoms with Crippen LogP contribution >= 0.6 is 11.3 Å². The Bertz CT molecular complexity index is 2550. The van der Waals surface area contributed by atoms with Crippen molar-refractivity contribution in [3.05, 3.63) is 164 Å². The first kappa shape index (κ1) is 27.3. The summed E-state index contributed by atoms with van der Waals surface area (Å²) < 4.78 is 2.47. The standard InChI is InChI=1S/C43H27N3S/c1-3-12-28(13-4-1)32-16-11-17-33(26-32)38-27-37(45-43(46-38)31-14-5-2-6-15-31)29-22-24-30(25-23-29)40-34-18-7-9-20-36(34)44-41-35-19-8-10-21-39(35)47-42(40)41/h1-27H. The van der Waals surface area contributed by atoms with Crippen molar-refractivity contribution in [3.63, 3.8) is 0 Å². The average molecular weight is 618 g/mol. The van der Waals surface area contributed by atoms with Gasteiger partial charge in [-0.05, 0) is 41.0 Å².